The van der Waals surface area contributed by atoms with E-state index >= 15 is 0 Å². The number of hydrogen-bond donors (Lipinski definition) is 1. The monoisotopic (exact) mass is 458 g/mol. The Morgan fingerprint density at radius 3 is 2.03 bits per heavy atom. The van der Waals surface area contributed by atoms with Crippen LogP contribution in [0, 0.1) is 5.92 Å². The number of benzene rings is 2. The summed E-state index contributed by atoms with van der Waals surface area (Å²) in [5.41, 5.74) is 1.83. The summed E-state index contributed by atoms with van der Waals surface area (Å²) in [7, 11) is 0. The Kier molecular flexibility index (Phi) is 6.48. The third-order valence-electron chi connectivity index (χ3n) is 6.29. The van der Waals surface area contributed by atoms with E-state index in [-0.39, 0.29) is 11.3 Å². The molecule has 2 aromatic carbocycles. The molecule has 1 N–H and O–H groups in total. The third-order valence-corrected chi connectivity index (χ3v) is 6.29. The Morgan fingerprint density at radius 2 is 1.50 bits per heavy atom. The summed E-state index contributed by atoms with van der Waals surface area (Å²) in [5.74, 6) is 2.42. The van der Waals surface area contributed by atoms with Gasteiger partial charge in [0.2, 0.25) is 5.82 Å². The van der Waals surface area contributed by atoms with Crippen molar-refractivity contribution in [1.82, 2.24) is 20.1 Å². The molecular formula is C27H30N4O3. The molecule has 34 heavy (non-hydrogen) atoms. The minimum absolute atomic E-state index is 0.194. The van der Waals surface area contributed by atoms with Crippen LogP contribution in [0.25, 0.3) is 11.4 Å². The average molecular weight is 459 g/mol. The van der Waals surface area contributed by atoms with Crippen LogP contribution >= 0.6 is 0 Å². The van der Waals surface area contributed by atoms with Crippen molar-refractivity contribution in [2.75, 3.05) is 0 Å². The third kappa shape index (κ3) is 4.84. The molecule has 0 bridgehead atoms. The van der Waals surface area contributed by atoms with E-state index in [4.69, 9.17) is 9.26 Å². The zero-order valence-electron chi connectivity index (χ0n) is 20.2. The predicted molar refractivity (Wildman–Crippen MR) is 129 cm³/mol. The van der Waals surface area contributed by atoms with Crippen molar-refractivity contribution < 1.29 is 14.4 Å². The van der Waals surface area contributed by atoms with Crippen LogP contribution < -0.4 is 4.74 Å². The molecule has 0 aliphatic rings. The molecule has 2 aromatic heterocycles. The van der Waals surface area contributed by atoms with Gasteiger partial charge in [-0.05, 0) is 49.1 Å². The van der Waals surface area contributed by atoms with E-state index in [1.165, 1.54) is 11.1 Å². The number of nitrogens with zero attached hydrogens (tertiary/aromatic N) is 4. The van der Waals surface area contributed by atoms with Gasteiger partial charge in [-0.1, -0.05) is 62.3 Å². The van der Waals surface area contributed by atoms with Crippen LogP contribution in [-0.2, 0) is 17.6 Å². The second-order valence-corrected chi connectivity index (χ2v) is 9.39. The lowest BCUT2D eigenvalue weighted by Gasteiger charge is -2.35. The van der Waals surface area contributed by atoms with Gasteiger partial charge in [-0.25, -0.2) is 9.97 Å². The highest BCUT2D eigenvalue weighted by Gasteiger charge is 2.33. The highest BCUT2D eigenvalue weighted by Crippen LogP contribution is 2.40. The zero-order chi connectivity index (χ0) is 24.3. The number of hydrogen-bond acceptors (Lipinski definition) is 7. The normalized spacial score (nSPS) is 13.6. The van der Waals surface area contributed by atoms with Crippen LogP contribution in [0.4, 0.5) is 0 Å². The summed E-state index contributed by atoms with van der Waals surface area (Å²) in [6, 6.07) is 18.2. The molecular weight excluding hydrogens is 428 g/mol. The van der Waals surface area contributed by atoms with Gasteiger partial charge in [-0.3, -0.25) is 0 Å². The lowest BCUT2D eigenvalue weighted by atomic mass is 9.68. The van der Waals surface area contributed by atoms with Crippen LogP contribution in [0.2, 0.25) is 0 Å². The predicted octanol–water partition coefficient (Wildman–Crippen LogP) is 5.30. The van der Waals surface area contributed by atoms with Crippen molar-refractivity contribution in [3.05, 3.63) is 89.8 Å². The second-order valence-electron chi connectivity index (χ2n) is 9.39. The van der Waals surface area contributed by atoms with Gasteiger partial charge in [0.15, 0.2) is 5.82 Å². The molecule has 0 saturated carbocycles. The van der Waals surface area contributed by atoms with Gasteiger partial charge in [-0.15, -0.1) is 0 Å². The minimum Gasteiger partial charge on any atom is -0.486 e. The maximum Gasteiger partial charge on any atom is 0.258 e. The smallest absolute Gasteiger partial charge is 0.258 e. The Labute approximate surface area is 199 Å². The number of aliphatic hydroxyl groups is 1. The number of rotatable bonds is 8. The fourth-order valence-corrected chi connectivity index (χ4v) is 3.84. The minimum atomic E-state index is -1.18. The van der Waals surface area contributed by atoms with Crippen molar-refractivity contribution in [1.29, 1.82) is 0 Å². The molecule has 4 rings (SSSR count). The molecule has 176 valence electrons. The Hall–Kier alpha value is -3.58. The van der Waals surface area contributed by atoms with Gasteiger partial charge < -0.3 is 14.4 Å². The van der Waals surface area contributed by atoms with E-state index in [1.54, 1.807) is 32.3 Å². The highest BCUT2D eigenvalue weighted by molar-refractivity contribution is 5.56. The largest absolute Gasteiger partial charge is 0.486 e. The summed E-state index contributed by atoms with van der Waals surface area (Å²) >= 11 is 0. The lowest BCUT2D eigenvalue weighted by Crippen LogP contribution is -2.30. The quantitative estimate of drug-likeness (QED) is 0.383. The van der Waals surface area contributed by atoms with Crippen LogP contribution in [0.5, 0.6) is 5.75 Å². The summed E-state index contributed by atoms with van der Waals surface area (Å²) in [6.07, 6.45) is 3.41. The van der Waals surface area contributed by atoms with Crippen molar-refractivity contribution >= 4 is 0 Å². The van der Waals surface area contributed by atoms with Crippen LogP contribution in [-0.4, -0.2) is 25.2 Å². The van der Waals surface area contributed by atoms with Crippen molar-refractivity contribution in [3.63, 3.8) is 0 Å². The summed E-state index contributed by atoms with van der Waals surface area (Å²) in [6.45, 7) is 10.3. The molecule has 2 heterocycles. The first-order chi connectivity index (χ1) is 16.2. The van der Waals surface area contributed by atoms with Crippen molar-refractivity contribution in [2.45, 2.75) is 52.2 Å². The van der Waals surface area contributed by atoms with E-state index in [9.17, 15) is 5.11 Å². The van der Waals surface area contributed by atoms with Gasteiger partial charge in [0.05, 0.1) is 0 Å². The summed E-state index contributed by atoms with van der Waals surface area (Å²) < 4.78 is 11.1. The van der Waals surface area contributed by atoms with Crippen LogP contribution in [0.1, 0.15) is 57.5 Å². The molecule has 7 heteroatoms. The summed E-state index contributed by atoms with van der Waals surface area (Å²) in [5, 5.41) is 14.1. The molecule has 0 fully saturated rings. The van der Waals surface area contributed by atoms with E-state index < -0.39 is 5.60 Å². The molecule has 7 nitrogen and oxygen atoms in total. The van der Waals surface area contributed by atoms with Crippen molar-refractivity contribution in [2.24, 2.45) is 5.92 Å². The van der Waals surface area contributed by atoms with Gasteiger partial charge in [0.25, 0.3) is 5.89 Å². The van der Waals surface area contributed by atoms with E-state index in [2.05, 4.69) is 65.1 Å². The Balaban J connectivity index is 1.55. The van der Waals surface area contributed by atoms with E-state index in [1.807, 2.05) is 24.3 Å². The maximum atomic E-state index is 10.1. The molecule has 0 amide bonds. The maximum absolute atomic E-state index is 10.1. The first kappa shape index (κ1) is 23.6. The second kappa shape index (κ2) is 9.35. The van der Waals surface area contributed by atoms with Gasteiger partial charge >= 0.3 is 0 Å². The Morgan fingerprint density at radius 1 is 0.912 bits per heavy atom. The topological polar surface area (TPSA) is 94.2 Å². The van der Waals surface area contributed by atoms with Gasteiger partial charge in [0.1, 0.15) is 18.0 Å². The number of aromatic nitrogens is 4. The molecule has 0 spiro atoms. The van der Waals surface area contributed by atoms with Crippen molar-refractivity contribution in [3.8, 4) is 17.1 Å². The lowest BCUT2D eigenvalue weighted by molar-refractivity contribution is 0.0420. The highest BCUT2D eigenvalue weighted by atomic mass is 16.5. The Bertz CT molecular complexity index is 1210. The number of ether oxygens (including phenoxy) is 1. The van der Waals surface area contributed by atoms with Crippen LogP contribution in [0.3, 0.4) is 0 Å². The molecule has 0 radical (unpaired) electrons. The van der Waals surface area contributed by atoms with Gasteiger partial charge in [0, 0.05) is 23.4 Å². The first-order valence-electron chi connectivity index (χ1n) is 11.3. The molecule has 0 saturated heterocycles. The molecule has 1 atom stereocenters. The SMILES string of the molecule is CC(C)C(C)(c1ccc(OCc2ncccn2)cc1)c1ccc(-c2noc(C(C)(C)O)n2)cc1. The van der Waals surface area contributed by atoms with E-state index in [0.717, 1.165) is 11.3 Å². The average Bonchev–Trinajstić information content (AvgIpc) is 3.34. The molecule has 0 aliphatic heterocycles. The van der Waals surface area contributed by atoms with Crippen LogP contribution in [0.15, 0.2) is 71.5 Å². The fraction of sp³-hybridized carbons (Fsp3) is 0.333. The standard InChI is InChI=1S/C27H30N4O3/c1-18(2)27(5,21-11-13-22(14-12-21)33-17-23-28-15-6-16-29-23)20-9-7-19(8-10-20)24-30-25(34-31-24)26(3,4)32/h6-16,18,32H,17H2,1-5H3. The fourth-order valence-electron chi connectivity index (χ4n) is 3.84. The summed E-state index contributed by atoms with van der Waals surface area (Å²) in [4.78, 5) is 12.7. The molecule has 0 aliphatic carbocycles. The van der Waals surface area contributed by atoms with E-state index in [0.29, 0.717) is 24.2 Å². The van der Waals surface area contributed by atoms with Gasteiger partial charge in [-0.2, -0.15) is 4.98 Å². The first-order valence-corrected chi connectivity index (χ1v) is 11.3. The zero-order valence-corrected chi connectivity index (χ0v) is 20.2. The molecule has 1 unspecified atom stereocenters. The molecule has 4 aromatic rings.